The maximum absolute atomic E-state index is 4.40. The highest BCUT2D eigenvalue weighted by atomic mass is 15.1. The quantitative estimate of drug-likeness (QED) is 0.491. The number of benzene rings is 1. The fourth-order valence-corrected chi connectivity index (χ4v) is 4.65. The Morgan fingerprint density at radius 2 is 1.86 bits per heavy atom. The molecule has 0 saturated carbocycles. The number of nitrogens with zero attached hydrogens (tertiary/aromatic N) is 1. The molecule has 188 valence electrons. The van der Waals surface area contributed by atoms with Crippen molar-refractivity contribution < 1.29 is 0 Å². The summed E-state index contributed by atoms with van der Waals surface area (Å²) in [7, 11) is 2.16. The van der Waals surface area contributed by atoms with Crippen LogP contribution in [0.5, 0.6) is 0 Å². The largest absolute Gasteiger partial charge is 0.381 e. The summed E-state index contributed by atoms with van der Waals surface area (Å²) in [5, 5.41) is 6.27. The summed E-state index contributed by atoms with van der Waals surface area (Å²) in [6.45, 7) is 24.5. The highest BCUT2D eigenvalue weighted by Gasteiger charge is 2.21. The predicted octanol–water partition coefficient (Wildman–Crippen LogP) is 6.81. The van der Waals surface area contributed by atoms with Crippen LogP contribution in [0.4, 0.5) is 0 Å². The molecule has 0 spiro atoms. The van der Waals surface area contributed by atoms with Gasteiger partial charge in [0.15, 0.2) is 0 Å². The molecule has 2 nitrogen and oxygen atoms in total. The molecule has 0 aromatic heterocycles. The lowest BCUT2D eigenvalue weighted by molar-refractivity contribution is 0.438. The molecule has 2 unspecified atom stereocenters. The van der Waals surface area contributed by atoms with Gasteiger partial charge in [-0.2, -0.15) is 0 Å². The molecule has 2 atom stereocenters. The maximum Gasteiger partial charge on any atom is 0.0424 e. The molecule has 3 rings (SSSR count). The normalized spacial score (nSPS) is 21.8. The van der Waals surface area contributed by atoms with Crippen LogP contribution in [-0.2, 0) is 0 Å². The van der Waals surface area contributed by atoms with E-state index in [9.17, 15) is 0 Å². The minimum absolute atomic E-state index is 0.120. The molecule has 0 fully saturated rings. The van der Waals surface area contributed by atoms with Crippen molar-refractivity contribution in [1.82, 2.24) is 10.2 Å². The van der Waals surface area contributed by atoms with Gasteiger partial charge in [0.25, 0.3) is 0 Å². The number of aryl methyl sites for hydroxylation is 1. The summed E-state index contributed by atoms with van der Waals surface area (Å²) in [6.07, 6.45) is 15.8. The molecular weight excluding hydrogens is 424 g/mol. The van der Waals surface area contributed by atoms with Crippen LogP contribution >= 0.6 is 0 Å². The van der Waals surface area contributed by atoms with Crippen LogP contribution in [0.25, 0.3) is 12.3 Å². The first-order valence-corrected chi connectivity index (χ1v) is 13.1. The van der Waals surface area contributed by atoms with Gasteiger partial charge in [-0.05, 0) is 85.8 Å². The number of nitrogens with one attached hydrogen (secondary N) is 1. The summed E-state index contributed by atoms with van der Waals surface area (Å²) >= 11 is 0. The van der Waals surface area contributed by atoms with Gasteiger partial charge in [-0.25, -0.2) is 0 Å². The van der Waals surface area contributed by atoms with E-state index >= 15 is 0 Å². The zero-order valence-corrected chi connectivity index (χ0v) is 23.4. The molecule has 0 saturated heterocycles. The third-order valence-electron chi connectivity index (χ3n) is 7.86. The van der Waals surface area contributed by atoms with Gasteiger partial charge in [-0.3, -0.25) is 0 Å². The first-order valence-electron chi connectivity index (χ1n) is 13.1. The van der Waals surface area contributed by atoms with Gasteiger partial charge < -0.3 is 10.2 Å². The number of hydrogen-bond acceptors (Lipinski definition) is 2. The Morgan fingerprint density at radius 3 is 2.43 bits per heavy atom. The topological polar surface area (TPSA) is 15.3 Å². The Balaban J connectivity index is 1.86. The molecular formula is C33H46N2. The molecule has 2 aliphatic carbocycles. The summed E-state index contributed by atoms with van der Waals surface area (Å²) < 4.78 is 0. The predicted molar refractivity (Wildman–Crippen MR) is 154 cm³/mol. The van der Waals surface area contributed by atoms with Crippen LogP contribution in [0.3, 0.4) is 0 Å². The molecule has 0 heterocycles. The first-order chi connectivity index (χ1) is 16.4. The number of rotatable bonds is 6. The van der Waals surface area contributed by atoms with E-state index in [1.54, 1.807) is 0 Å². The van der Waals surface area contributed by atoms with E-state index in [4.69, 9.17) is 0 Å². The van der Waals surface area contributed by atoms with Crippen LogP contribution in [-0.4, -0.2) is 18.0 Å². The van der Waals surface area contributed by atoms with Crippen LogP contribution in [0.1, 0.15) is 71.4 Å². The average Bonchev–Trinajstić information content (AvgIpc) is 2.81. The van der Waals surface area contributed by atoms with E-state index in [-0.39, 0.29) is 5.41 Å². The Labute approximate surface area is 214 Å². The number of likely N-dealkylation sites (N-methyl/N-ethyl adjacent to an activating group) is 1. The first kappa shape index (κ1) is 26.9. The second-order valence-electron chi connectivity index (χ2n) is 11.6. The van der Waals surface area contributed by atoms with Crippen LogP contribution < -0.4 is 15.8 Å². The second-order valence-corrected chi connectivity index (χ2v) is 11.6. The average molecular weight is 471 g/mol. The van der Waals surface area contributed by atoms with E-state index < -0.39 is 0 Å². The second kappa shape index (κ2) is 10.9. The van der Waals surface area contributed by atoms with Crippen LogP contribution in [0.2, 0.25) is 0 Å². The van der Waals surface area contributed by atoms with Crippen molar-refractivity contribution in [2.75, 3.05) is 7.05 Å². The third kappa shape index (κ3) is 6.48. The Kier molecular flexibility index (Phi) is 8.36. The minimum atomic E-state index is 0.120. The van der Waals surface area contributed by atoms with Crippen molar-refractivity contribution in [3.8, 4) is 0 Å². The lowest BCUT2D eigenvalue weighted by atomic mass is 9.86. The Bertz CT molecular complexity index is 1200. The van der Waals surface area contributed by atoms with Crippen molar-refractivity contribution in [2.24, 2.45) is 11.3 Å². The summed E-state index contributed by atoms with van der Waals surface area (Å²) in [6, 6.07) is 4.72. The van der Waals surface area contributed by atoms with E-state index in [2.05, 4.69) is 121 Å². The fourth-order valence-electron chi connectivity index (χ4n) is 4.65. The molecule has 1 N–H and O–H groups in total. The SMILES string of the molecule is C=C(C1=CCC(C)C=C1)N(C)C1=CCC(NC(/C=C(\C)C(C)(C)C)=c2\c(C)c(C)ccc2=C)CC1. The van der Waals surface area contributed by atoms with Gasteiger partial charge in [0.2, 0.25) is 0 Å². The zero-order chi connectivity index (χ0) is 25.9. The van der Waals surface area contributed by atoms with E-state index in [1.807, 2.05) is 0 Å². The lowest BCUT2D eigenvalue weighted by Gasteiger charge is -2.32. The molecule has 1 aromatic rings. The van der Waals surface area contributed by atoms with Crippen molar-refractivity contribution in [1.29, 1.82) is 0 Å². The third-order valence-corrected chi connectivity index (χ3v) is 7.86. The molecule has 1 aromatic carbocycles. The van der Waals surface area contributed by atoms with Crippen molar-refractivity contribution in [2.45, 2.75) is 80.2 Å². The van der Waals surface area contributed by atoms with E-state index in [0.29, 0.717) is 12.0 Å². The monoisotopic (exact) mass is 470 g/mol. The summed E-state index contributed by atoms with van der Waals surface area (Å²) in [5.74, 6) is 0.620. The standard InChI is InChI=1S/C33H46N2/c1-22-11-15-28(16-12-22)27(6)35(10)30-19-17-29(18-20-30)34-31(21-25(4)33(7,8)9)32-24(3)14-13-23(2)26(32)5/h11,13-16,19,21-22,29,34H,3,6,12,17-18,20H2,1-2,4-5,7-10H3/b25-21+,32-31-. The van der Waals surface area contributed by atoms with Crippen molar-refractivity contribution in [3.63, 3.8) is 0 Å². The minimum Gasteiger partial charge on any atom is -0.381 e. The summed E-state index contributed by atoms with van der Waals surface area (Å²) in [4.78, 5) is 2.29. The van der Waals surface area contributed by atoms with Crippen molar-refractivity contribution >= 4 is 12.3 Å². The summed E-state index contributed by atoms with van der Waals surface area (Å²) in [5.41, 5.74) is 9.02. The molecule has 0 radical (unpaired) electrons. The fraction of sp³-hybridized carbons (Fsp3) is 0.455. The number of allylic oxidation sites excluding steroid dienone is 5. The van der Waals surface area contributed by atoms with Gasteiger partial charge in [0.05, 0.1) is 0 Å². The zero-order valence-electron chi connectivity index (χ0n) is 23.4. The molecule has 0 aliphatic heterocycles. The van der Waals surface area contributed by atoms with Crippen LogP contribution in [0, 0.1) is 25.2 Å². The maximum atomic E-state index is 4.40. The van der Waals surface area contributed by atoms with Gasteiger partial charge in [-0.1, -0.05) is 82.9 Å². The lowest BCUT2D eigenvalue weighted by Crippen LogP contribution is -2.38. The molecule has 2 aliphatic rings. The van der Waals surface area contributed by atoms with E-state index in [0.717, 1.165) is 36.6 Å². The Hall–Kier alpha value is -2.74. The molecule has 2 heteroatoms. The Morgan fingerprint density at radius 1 is 1.14 bits per heavy atom. The van der Waals surface area contributed by atoms with E-state index in [1.165, 1.54) is 38.9 Å². The van der Waals surface area contributed by atoms with Crippen molar-refractivity contribution in [3.05, 3.63) is 93.2 Å². The van der Waals surface area contributed by atoms with Crippen LogP contribution in [0.15, 0.2) is 71.6 Å². The highest BCUT2D eigenvalue weighted by Crippen LogP contribution is 2.29. The van der Waals surface area contributed by atoms with Gasteiger partial charge in [0, 0.05) is 35.4 Å². The molecule has 35 heavy (non-hydrogen) atoms. The van der Waals surface area contributed by atoms with Gasteiger partial charge >= 0.3 is 0 Å². The number of hydrogen-bond donors (Lipinski definition) is 1. The van der Waals surface area contributed by atoms with Gasteiger partial charge in [-0.15, -0.1) is 0 Å². The molecule has 0 amide bonds. The van der Waals surface area contributed by atoms with Gasteiger partial charge in [0.1, 0.15) is 0 Å². The molecule has 0 bridgehead atoms. The highest BCUT2D eigenvalue weighted by molar-refractivity contribution is 5.59. The smallest absolute Gasteiger partial charge is 0.0424 e.